The molecule has 0 saturated heterocycles. The number of nitrogens with zero attached hydrogens (tertiary/aromatic N) is 6. The van der Waals surface area contributed by atoms with E-state index in [2.05, 4.69) is 27.2 Å². The number of aromatic nitrogens is 4. The van der Waals surface area contributed by atoms with Gasteiger partial charge in [-0.3, -0.25) is 10.3 Å². The van der Waals surface area contributed by atoms with E-state index in [0.29, 0.717) is 23.0 Å². The summed E-state index contributed by atoms with van der Waals surface area (Å²) in [6.07, 6.45) is 3.02. The molecule has 34 heavy (non-hydrogen) atoms. The Morgan fingerprint density at radius 2 is 1.94 bits per heavy atom. The second kappa shape index (κ2) is 8.72. The molecule has 4 aromatic rings. The van der Waals surface area contributed by atoms with Gasteiger partial charge in [0.15, 0.2) is 17.5 Å². The van der Waals surface area contributed by atoms with Crippen LogP contribution >= 0.6 is 0 Å². The Balaban J connectivity index is 1.66. The van der Waals surface area contributed by atoms with Crippen LogP contribution in [-0.4, -0.2) is 37.1 Å². The summed E-state index contributed by atoms with van der Waals surface area (Å²) < 4.78 is 1.70. The number of fused-ring (bicyclic) bond motifs is 2. The number of pyridine rings is 1. The van der Waals surface area contributed by atoms with E-state index < -0.39 is 0 Å². The second-order valence-electron chi connectivity index (χ2n) is 7.65. The van der Waals surface area contributed by atoms with E-state index in [9.17, 15) is 5.11 Å². The van der Waals surface area contributed by atoms with Crippen molar-refractivity contribution in [3.05, 3.63) is 90.3 Å². The van der Waals surface area contributed by atoms with E-state index in [1.165, 1.54) is 12.3 Å². The molecule has 0 bridgehead atoms. The summed E-state index contributed by atoms with van der Waals surface area (Å²) in [6.45, 7) is 5.41. The molecule has 0 radical (unpaired) electrons. The fourth-order valence-electron chi connectivity index (χ4n) is 3.75. The number of aliphatic hydroxyl groups excluding tert-OH is 1. The van der Waals surface area contributed by atoms with Crippen molar-refractivity contribution in [2.24, 2.45) is 4.99 Å². The van der Waals surface area contributed by atoms with Crippen molar-refractivity contribution in [1.82, 2.24) is 20.0 Å². The van der Waals surface area contributed by atoms with Gasteiger partial charge < -0.3 is 10.4 Å². The topological polar surface area (TPSA) is 115 Å². The molecule has 2 aromatic carbocycles. The number of rotatable bonds is 5. The summed E-state index contributed by atoms with van der Waals surface area (Å²) >= 11 is 0. The summed E-state index contributed by atoms with van der Waals surface area (Å²) in [5, 5.41) is 29.8. The van der Waals surface area contributed by atoms with Crippen LogP contribution in [0.5, 0.6) is 0 Å². The van der Waals surface area contributed by atoms with Crippen LogP contribution in [0.25, 0.3) is 16.9 Å². The molecule has 1 aliphatic heterocycles. The van der Waals surface area contributed by atoms with Crippen molar-refractivity contribution in [2.45, 2.75) is 13.5 Å². The van der Waals surface area contributed by atoms with Gasteiger partial charge in [-0.1, -0.05) is 42.1 Å². The molecule has 2 aromatic heterocycles. The van der Waals surface area contributed by atoms with Crippen molar-refractivity contribution >= 4 is 40.3 Å². The van der Waals surface area contributed by atoms with Crippen molar-refractivity contribution in [2.75, 3.05) is 10.2 Å². The molecule has 5 rings (SSSR count). The monoisotopic (exact) mass is 450 g/mol. The van der Waals surface area contributed by atoms with Crippen LogP contribution in [0, 0.1) is 5.41 Å². The number of benzene rings is 2. The normalized spacial score (nSPS) is 14.4. The quantitative estimate of drug-likeness (QED) is 0.308. The van der Waals surface area contributed by atoms with E-state index in [1.807, 2.05) is 72.5 Å². The number of anilines is 3. The molecular weight excluding hydrogens is 428 g/mol. The average Bonchev–Trinajstić information content (AvgIpc) is 3.48. The number of hydrogen-bond donors (Lipinski definition) is 3. The zero-order chi connectivity index (χ0) is 23.7. The lowest BCUT2D eigenvalue weighted by Gasteiger charge is -2.21. The highest BCUT2D eigenvalue weighted by Gasteiger charge is 2.30. The van der Waals surface area contributed by atoms with E-state index >= 15 is 0 Å². The number of aliphatic imine (C=N–C) groups is 1. The molecule has 0 unspecified atom stereocenters. The number of amidine groups is 1. The van der Waals surface area contributed by atoms with E-state index in [0.717, 1.165) is 28.0 Å². The minimum absolute atomic E-state index is 0.0421. The summed E-state index contributed by atoms with van der Waals surface area (Å²) in [5.41, 5.74) is 4.69. The zero-order valence-corrected chi connectivity index (χ0v) is 18.5. The third-order valence-corrected chi connectivity index (χ3v) is 5.51. The standard InChI is InChI=1S/C25H22N8O/c1-3-14-27-23(26)16(2)24-28-20-12-13-22(33-21-7-5-4-6-19(21)30-31-33)29-25(20)32(24)18-10-8-17(15-34)9-11-18/h3-14,26,28,34H,1,15H2,2H3. The van der Waals surface area contributed by atoms with Gasteiger partial charge in [-0.2, -0.15) is 4.68 Å². The number of hydrogen-bond acceptors (Lipinski definition) is 7. The Morgan fingerprint density at radius 3 is 2.71 bits per heavy atom. The van der Waals surface area contributed by atoms with Gasteiger partial charge in [-0.25, -0.2) is 9.98 Å². The number of nitrogens with one attached hydrogen (secondary N) is 2. The fraction of sp³-hybridized carbons (Fsp3) is 0.0800. The lowest BCUT2D eigenvalue weighted by atomic mass is 10.2. The molecule has 168 valence electrons. The highest BCUT2D eigenvalue weighted by molar-refractivity contribution is 6.04. The first-order chi connectivity index (χ1) is 16.6. The van der Waals surface area contributed by atoms with Crippen LogP contribution in [0.4, 0.5) is 17.2 Å². The first-order valence-corrected chi connectivity index (χ1v) is 10.6. The lowest BCUT2D eigenvalue weighted by molar-refractivity contribution is 0.282. The molecule has 3 N–H and O–H groups in total. The Morgan fingerprint density at radius 1 is 1.15 bits per heavy atom. The molecule has 0 fully saturated rings. The Kier molecular flexibility index (Phi) is 5.44. The SMILES string of the molecule is C=CC=NC(=N)C(C)=C1Nc2ccc(-n3nnc4ccccc43)nc2N1c1ccc(CO)cc1. The predicted octanol–water partition coefficient (Wildman–Crippen LogP) is 4.34. The zero-order valence-electron chi connectivity index (χ0n) is 18.5. The molecule has 0 spiro atoms. The molecule has 9 heteroatoms. The van der Waals surface area contributed by atoms with Gasteiger partial charge in [-0.05, 0) is 48.9 Å². The van der Waals surface area contributed by atoms with Crippen molar-refractivity contribution in [3.8, 4) is 5.82 Å². The lowest BCUT2D eigenvalue weighted by Crippen LogP contribution is -2.19. The fourth-order valence-corrected chi connectivity index (χ4v) is 3.75. The van der Waals surface area contributed by atoms with Gasteiger partial charge in [0.2, 0.25) is 0 Å². The van der Waals surface area contributed by atoms with Gasteiger partial charge in [0.1, 0.15) is 11.3 Å². The van der Waals surface area contributed by atoms with Gasteiger partial charge >= 0.3 is 0 Å². The van der Waals surface area contributed by atoms with Crippen LogP contribution in [0.15, 0.2) is 89.7 Å². The second-order valence-corrected chi connectivity index (χ2v) is 7.65. The Hall–Kier alpha value is -4.63. The van der Waals surface area contributed by atoms with Crippen molar-refractivity contribution in [3.63, 3.8) is 0 Å². The highest BCUT2D eigenvalue weighted by atomic mass is 16.3. The van der Waals surface area contributed by atoms with Gasteiger partial charge in [0, 0.05) is 17.5 Å². The molecular formula is C25H22N8O. The van der Waals surface area contributed by atoms with Crippen LogP contribution in [0.3, 0.4) is 0 Å². The molecule has 9 nitrogen and oxygen atoms in total. The molecule has 0 atom stereocenters. The molecule has 0 aliphatic carbocycles. The van der Waals surface area contributed by atoms with E-state index in [1.54, 1.807) is 4.68 Å². The van der Waals surface area contributed by atoms with Gasteiger partial charge in [-0.15, -0.1) is 5.10 Å². The summed E-state index contributed by atoms with van der Waals surface area (Å²) in [7, 11) is 0. The molecule has 1 aliphatic rings. The smallest absolute Gasteiger partial charge is 0.165 e. The van der Waals surface area contributed by atoms with Crippen molar-refractivity contribution in [1.29, 1.82) is 5.41 Å². The number of allylic oxidation sites excluding steroid dienone is 1. The van der Waals surface area contributed by atoms with Crippen LogP contribution < -0.4 is 10.2 Å². The first kappa shape index (κ1) is 21.2. The van der Waals surface area contributed by atoms with Gasteiger partial charge in [0.25, 0.3) is 0 Å². The minimum atomic E-state index is -0.0421. The molecule has 0 amide bonds. The maximum Gasteiger partial charge on any atom is 0.165 e. The van der Waals surface area contributed by atoms with Crippen LogP contribution in [0.1, 0.15) is 12.5 Å². The summed E-state index contributed by atoms with van der Waals surface area (Å²) in [5.74, 6) is 2.05. The third-order valence-electron chi connectivity index (χ3n) is 5.51. The largest absolute Gasteiger partial charge is 0.392 e. The minimum Gasteiger partial charge on any atom is -0.392 e. The Bertz CT molecular complexity index is 1470. The molecule has 0 saturated carbocycles. The number of para-hydroxylation sites is 1. The van der Waals surface area contributed by atoms with Crippen molar-refractivity contribution < 1.29 is 5.11 Å². The third kappa shape index (κ3) is 3.63. The predicted molar refractivity (Wildman–Crippen MR) is 134 cm³/mol. The average molecular weight is 451 g/mol. The summed E-state index contributed by atoms with van der Waals surface area (Å²) in [6, 6.07) is 19.0. The van der Waals surface area contributed by atoms with E-state index in [-0.39, 0.29) is 12.4 Å². The van der Waals surface area contributed by atoms with E-state index in [4.69, 9.17) is 10.4 Å². The Labute approximate surface area is 195 Å². The van der Waals surface area contributed by atoms with Crippen LogP contribution in [-0.2, 0) is 6.61 Å². The highest BCUT2D eigenvalue weighted by Crippen LogP contribution is 2.42. The maximum atomic E-state index is 9.46. The van der Waals surface area contributed by atoms with Crippen LogP contribution in [0.2, 0.25) is 0 Å². The summed E-state index contributed by atoms with van der Waals surface area (Å²) in [4.78, 5) is 11.0. The van der Waals surface area contributed by atoms with Gasteiger partial charge in [0.05, 0.1) is 17.8 Å². The first-order valence-electron chi connectivity index (χ1n) is 10.6. The maximum absolute atomic E-state index is 9.46. The number of aliphatic hydroxyl groups is 1. The molecule has 3 heterocycles.